The lowest BCUT2D eigenvalue weighted by Crippen LogP contribution is -2.48. The van der Waals surface area contributed by atoms with Gasteiger partial charge in [0.2, 0.25) is 11.8 Å². The summed E-state index contributed by atoms with van der Waals surface area (Å²) in [7, 11) is 1.64. The van der Waals surface area contributed by atoms with Gasteiger partial charge in [-0.15, -0.1) is 10.2 Å². The first-order chi connectivity index (χ1) is 15.2. The van der Waals surface area contributed by atoms with E-state index in [4.69, 9.17) is 13.9 Å². The second-order valence-electron chi connectivity index (χ2n) is 7.58. The van der Waals surface area contributed by atoms with Crippen LogP contribution in [-0.4, -0.2) is 77.6 Å². The number of piperazine rings is 1. The van der Waals surface area contributed by atoms with Crippen LogP contribution in [0.4, 0.5) is 0 Å². The Kier molecular flexibility index (Phi) is 7.14. The van der Waals surface area contributed by atoms with E-state index in [2.05, 4.69) is 20.0 Å². The number of rotatable bonds is 9. The first kappa shape index (κ1) is 21.3. The number of nitrogens with zero attached hydrogens (tertiary/aromatic N) is 4. The minimum Gasteiger partial charge on any atom is -0.497 e. The molecule has 3 aromatic rings. The summed E-state index contributed by atoms with van der Waals surface area (Å²) in [4.78, 5) is 4.54. The number of ether oxygens (including phenoxy) is 2. The molecule has 4 rings (SSSR count). The van der Waals surface area contributed by atoms with Crippen LogP contribution in [0.15, 0.2) is 59.0 Å². The van der Waals surface area contributed by atoms with Gasteiger partial charge in [0, 0.05) is 38.3 Å². The standard InChI is InChI=1S/C23H28N4O4/c1-29-20-9-7-18(8-10-20)23-25-24-22(31-23)16-27-13-11-26(12-14-27)15-19(28)17-30-21-5-3-2-4-6-21/h2-10,19,28H,11-17H2,1H3. The fourth-order valence-corrected chi connectivity index (χ4v) is 3.55. The summed E-state index contributed by atoms with van der Waals surface area (Å²) in [6.45, 7) is 5.03. The van der Waals surface area contributed by atoms with Crippen molar-refractivity contribution in [2.75, 3.05) is 46.4 Å². The molecule has 0 saturated carbocycles. The van der Waals surface area contributed by atoms with Gasteiger partial charge in [-0.2, -0.15) is 0 Å². The van der Waals surface area contributed by atoms with Crippen LogP contribution in [-0.2, 0) is 6.54 Å². The summed E-state index contributed by atoms with van der Waals surface area (Å²) in [5.74, 6) is 2.69. The number of aliphatic hydroxyl groups excluding tert-OH is 1. The first-order valence-electron chi connectivity index (χ1n) is 10.5. The minimum absolute atomic E-state index is 0.292. The van der Waals surface area contributed by atoms with Gasteiger partial charge in [0.15, 0.2) is 0 Å². The maximum absolute atomic E-state index is 10.3. The van der Waals surface area contributed by atoms with E-state index >= 15 is 0 Å². The average Bonchev–Trinajstić information content (AvgIpc) is 3.28. The zero-order valence-corrected chi connectivity index (χ0v) is 17.7. The zero-order valence-electron chi connectivity index (χ0n) is 17.7. The largest absolute Gasteiger partial charge is 0.497 e. The molecule has 8 heteroatoms. The van der Waals surface area contributed by atoms with Gasteiger partial charge in [-0.25, -0.2) is 0 Å². The first-order valence-corrected chi connectivity index (χ1v) is 10.5. The molecule has 1 aliphatic heterocycles. The number of para-hydroxylation sites is 1. The van der Waals surface area contributed by atoms with Gasteiger partial charge in [-0.1, -0.05) is 18.2 Å². The zero-order chi connectivity index (χ0) is 21.5. The second kappa shape index (κ2) is 10.4. The molecule has 1 atom stereocenters. The van der Waals surface area contributed by atoms with Gasteiger partial charge in [0.1, 0.15) is 24.2 Å². The summed E-state index contributed by atoms with van der Waals surface area (Å²) >= 11 is 0. The van der Waals surface area contributed by atoms with E-state index in [1.165, 1.54) is 0 Å². The van der Waals surface area contributed by atoms with Crippen LogP contribution in [0.5, 0.6) is 11.5 Å². The number of methoxy groups -OCH3 is 1. The number of β-amino-alcohol motifs (C(OH)–C–C–N with tert-alkyl or cyclic N) is 1. The summed E-state index contributed by atoms with van der Waals surface area (Å²) in [5.41, 5.74) is 0.871. The highest BCUT2D eigenvalue weighted by Crippen LogP contribution is 2.21. The maximum atomic E-state index is 10.3. The minimum atomic E-state index is -0.519. The topological polar surface area (TPSA) is 84.1 Å². The van der Waals surface area contributed by atoms with Gasteiger partial charge in [0.05, 0.1) is 13.7 Å². The van der Waals surface area contributed by atoms with Crippen molar-refractivity contribution >= 4 is 0 Å². The third-order valence-corrected chi connectivity index (χ3v) is 5.28. The van der Waals surface area contributed by atoms with E-state index in [0.717, 1.165) is 43.2 Å². The molecule has 0 spiro atoms. The van der Waals surface area contributed by atoms with Crippen molar-refractivity contribution < 1.29 is 19.0 Å². The third kappa shape index (κ3) is 6.04. The highest BCUT2D eigenvalue weighted by molar-refractivity contribution is 5.53. The Balaban J connectivity index is 1.20. The molecule has 2 heterocycles. The van der Waals surface area contributed by atoms with E-state index in [-0.39, 0.29) is 0 Å². The normalized spacial score (nSPS) is 16.2. The number of aliphatic hydroxyl groups is 1. The van der Waals surface area contributed by atoms with Crippen LogP contribution in [0.1, 0.15) is 5.89 Å². The lowest BCUT2D eigenvalue weighted by atomic mass is 10.2. The highest BCUT2D eigenvalue weighted by atomic mass is 16.5. The molecule has 0 bridgehead atoms. The van der Waals surface area contributed by atoms with Crippen molar-refractivity contribution in [1.82, 2.24) is 20.0 Å². The van der Waals surface area contributed by atoms with Gasteiger partial charge in [-0.3, -0.25) is 9.80 Å². The molecule has 1 saturated heterocycles. The molecule has 1 unspecified atom stereocenters. The lowest BCUT2D eigenvalue weighted by Gasteiger charge is -2.34. The molecule has 164 valence electrons. The summed E-state index contributed by atoms with van der Waals surface area (Å²) in [5, 5.41) is 18.6. The summed E-state index contributed by atoms with van der Waals surface area (Å²) < 4.78 is 16.7. The van der Waals surface area contributed by atoms with Crippen LogP contribution in [0.2, 0.25) is 0 Å². The molecule has 0 aliphatic carbocycles. The van der Waals surface area contributed by atoms with E-state index in [0.29, 0.717) is 31.5 Å². The van der Waals surface area contributed by atoms with Gasteiger partial charge < -0.3 is 19.0 Å². The molecule has 1 fully saturated rings. The fourth-order valence-electron chi connectivity index (χ4n) is 3.55. The average molecular weight is 425 g/mol. The van der Waals surface area contributed by atoms with Crippen molar-refractivity contribution in [2.24, 2.45) is 0 Å². The fraction of sp³-hybridized carbons (Fsp3) is 0.391. The molecule has 1 aliphatic rings. The van der Waals surface area contributed by atoms with E-state index in [1.807, 2.05) is 54.6 Å². The Labute approximate surface area is 182 Å². The molecule has 1 aromatic heterocycles. The van der Waals surface area contributed by atoms with Crippen molar-refractivity contribution in [2.45, 2.75) is 12.6 Å². The Hall–Kier alpha value is -2.94. The van der Waals surface area contributed by atoms with Crippen LogP contribution in [0.3, 0.4) is 0 Å². The molecule has 0 radical (unpaired) electrons. The molecule has 0 amide bonds. The van der Waals surface area contributed by atoms with Gasteiger partial charge in [-0.05, 0) is 36.4 Å². The molecular weight excluding hydrogens is 396 g/mol. The Morgan fingerprint density at radius 2 is 1.65 bits per heavy atom. The highest BCUT2D eigenvalue weighted by Gasteiger charge is 2.21. The monoisotopic (exact) mass is 424 g/mol. The predicted octanol–water partition coefficient (Wildman–Crippen LogP) is 2.30. The lowest BCUT2D eigenvalue weighted by molar-refractivity contribution is 0.0430. The molecule has 31 heavy (non-hydrogen) atoms. The number of hydrogen-bond donors (Lipinski definition) is 1. The van der Waals surface area contributed by atoms with Crippen LogP contribution in [0, 0.1) is 0 Å². The molecule has 1 N–H and O–H groups in total. The van der Waals surface area contributed by atoms with Crippen LogP contribution >= 0.6 is 0 Å². The Bertz CT molecular complexity index is 924. The second-order valence-corrected chi connectivity index (χ2v) is 7.58. The maximum Gasteiger partial charge on any atom is 0.247 e. The van der Waals surface area contributed by atoms with Crippen molar-refractivity contribution in [3.05, 3.63) is 60.5 Å². The third-order valence-electron chi connectivity index (χ3n) is 5.28. The van der Waals surface area contributed by atoms with Crippen LogP contribution < -0.4 is 9.47 Å². The van der Waals surface area contributed by atoms with Crippen molar-refractivity contribution in [1.29, 1.82) is 0 Å². The summed E-state index contributed by atoms with van der Waals surface area (Å²) in [6, 6.07) is 17.1. The van der Waals surface area contributed by atoms with Crippen LogP contribution in [0.25, 0.3) is 11.5 Å². The van der Waals surface area contributed by atoms with E-state index < -0.39 is 6.10 Å². The predicted molar refractivity (Wildman–Crippen MR) is 116 cm³/mol. The van der Waals surface area contributed by atoms with Gasteiger partial charge >= 0.3 is 0 Å². The number of aromatic nitrogens is 2. The summed E-state index contributed by atoms with van der Waals surface area (Å²) in [6.07, 6.45) is -0.519. The quantitative estimate of drug-likeness (QED) is 0.560. The Morgan fingerprint density at radius 3 is 2.35 bits per heavy atom. The molecule has 8 nitrogen and oxygen atoms in total. The number of hydrogen-bond acceptors (Lipinski definition) is 8. The SMILES string of the molecule is COc1ccc(-c2nnc(CN3CCN(CC(O)COc4ccccc4)CC3)o2)cc1. The smallest absolute Gasteiger partial charge is 0.247 e. The van der Waals surface area contributed by atoms with E-state index in [9.17, 15) is 5.11 Å². The van der Waals surface area contributed by atoms with E-state index in [1.54, 1.807) is 7.11 Å². The molecule has 2 aromatic carbocycles. The number of benzene rings is 2. The van der Waals surface area contributed by atoms with Crippen molar-refractivity contribution in [3.8, 4) is 23.0 Å². The van der Waals surface area contributed by atoms with Gasteiger partial charge in [0.25, 0.3) is 0 Å². The van der Waals surface area contributed by atoms with Crippen molar-refractivity contribution in [3.63, 3.8) is 0 Å². The Morgan fingerprint density at radius 1 is 0.935 bits per heavy atom. The molecular formula is C23H28N4O4.